The average Bonchev–Trinajstić information content (AvgIpc) is 3.09. The number of hydrogen-bond acceptors (Lipinski definition) is 4. The molecule has 0 radical (unpaired) electrons. The molecule has 0 saturated carbocycles. The Morgan fingerprint density at radius 1 is 1.38 bits per heavy atom. The molecule has 1 saturated heterocycles. The number of ether oxygens (including phenoxy) is 1. The van der Waals surface area contributed by atoms with E-state index in [9.17, 15) is 13.2 Å². The number of thioether (sulfide) groups is 1. The maximum absolute atomic E-state index is 12.1. The summed E-state index contributed by atoms with van der Waals surface area (Å²) in [5, 5.41) is 7.13. The number of alkyl halides is 3. The Balaban J connectivity index is 0.00000338. The second-order valence-corrected chi connectivity index (χ2v) is 7.03. The standard InChI is InChI=1S/C16H23F3N4OS.HI/c1-2-20-15(23-10-13-4-3-7-25-13)22-9-12-5-6-14(21-8-12)24-11-16(17,18)19;/h5-6,8,13H,2-4,7,9-11H2,1H3,(H2,20,22,23);1H. The number of rotatable bonds is 7. The van der Waals surface area contributed by atoms with E-state index in [1.54, 1.807) is 6.07 Å². The van der Waals surface area contributed by atoms with Gasteiger partial charge in [-0.25, -0.2) is 9.98 Å². The fraction of sp³-hybridized carbons (Fsp3) is 0.625. The molecule has 1 fully saturated rings. The largest absolute Gasteiger partial charge is 0.468 e. The van der Waals surface area contributed by atoms with Crippen LogP contribution >= 0.6 is 35.7 Å². The number of guanidine groups is 1. The van der Waals surface area contributed by atoms with Crippen molar-refractivity contribution < 1.29 is 17.9 Å². The number of aliphatic imine (C=N–C) groups is 1. The van der Waals surface area contributed by atoms with Gasteiger partial charge in [-0.15, -0.1) is 24.0 Å². The summed E-state index contributed by atoms with van der Waals surface area (Å²) in [6, 6.07) is 3.09. The normalized spacial score (nSPS) is 17.5. The van der Waals surface area contributed by atoms with E-state index in [0.717, 1.165) is 24.6 Å². The molecule has 0 spiro atoms. The predicted molar refractivity (Wildman–Crippen MR) is 110 cm³/mol. The van der Waals surface area contributed by atoms with E-state index in [0.29, 0.717) is 11.8 Å². The molecule has 0 aromatic carbocycles. The lowest BCUT2D eigenvalue weighted by atomic mass is 10.2. The van der Waals surface area contributed by atoms with Crippen molar-refractivity contribution in [3.05, 3.63) is 23.9 Å². The van der Waals surface area contributed by atoms with Gasteiger partial charge >= 0.3 is 6.18 Å². The van der Waals surface area contributed by atoms with Gasteiger partial charge in [0.2, 0.25) is 5.88 Å². The molecule has 2 N–H and O–H groups in total. The molecule has 5 nitrogen and oxygen atoms in total. The Morgan fingerprint density at radius 3 is 2.77 bits per heavy atom. The third-order valence-corrected chi connectivity index (χ3v) is 4.86. The van der Waals surface area contributed by atoms with Crippen LogP contribution < -0.4 is 15.4 Å². The Morgan fingerprint density at radius 2 is 2.19 bits per heavy atom. The molecule has 148 valence electrons. The minimum absolute atomic E-state index is 0. The minimum Gasteiger partial charge on any atom is -0.468 e. The van der Waals surface area contributed by atoms with Crippen molar-refractivity contribution >= 4 is 41.7 Å². The highest BCUT2D eigenvalue weighted by Gasteiger charge is 2.28. The van der Waals surface area contributed by atoms with Crippen LogP contribution in [0.3, 0.4) is 0 Å². The molecule has 0 bridgehead atoms. The lowest BCUT2D eigenvalue weighted by Crippen LogP contribution is -2.40. The highest BCUT2D eigenvalue weighted by atomic mass is 127. The Labute approximate surface area is 173 Å². The minimum atomic E-state index is -4.37. The fourth-order valence-corrected chi connectivity index (χ4v) is 3.47. The predicted octanol–water partition coefficient (Wildman–Crippen LogP) is 3.59. The first-order valence-corrected chi connectivity index (χ1v) is 9.29. The first-order chi connectivity index (χ1) is 12.0. The summed E-state index contributed by atoms with van der Waals surface area (Å²) in [6.45, 7) is 2.67. The number of aromatic nitrogens is 1. The quantitative estimate of drug-likeness (QED) is 0.338. The first kappa shape index (κ1) is 23.1. The van der Waals surface area contributed by atoms with Crippen molar-refractivity contribution in [1.82, 2.24) is 15.6 Å². The summed E-state index contributed by atoms with van der Waals surface area (Å²) in [6.07, 6.45) is -0.403. The van der Waals surface area contributed by atoms with Crippen LogP contribution in [-0.2, 0) is 6.54 Å². The van der Waals surface area contributed by atoms with Crippen LogP contribution in [0.5, 0.6) is 5.88 Å². The topological polar surface area (TPSA) is 58.5 Å². The van der Waals surface area contributed by atoms with Crippen molar-refractivity contribution in [2.24, 2.45) is 4.99 Å². The van der Waals surface area contributed by atoms with Crippen LogP contribution in [0.4, 0.5) is 13.2 Å². The Kier molecular flexibility index (Phi) is 10.4. The lowest BCUT2D eigenvalue weighted by Gasteiger charge is -2.14. The zero-order valence-corrected chi connectivity index (χ0v) is 17.7. The zero-order valence-electron chi connectivity index (χ0n) is 14.5. The van der Waals surface area contributed by atoms with Gasteiger partial charge in [0.25, 0.3) is 0 Å². The van der Waals surface area contributed by atoms with E-state index < -0.39 is 12.8 Å². The molecule has 1 unspecified atom stereocenters. The van der Waals surface area contributed by atoms with Crippen molar-refractivity contribution in [3.8, 4) is 5.88 Å². The summed E-state index contributed by atoms with van der Waals surface area (Å²) in [5.74, 6) is 1.90. The second kappa shape index (κ2) is 11.7. The van der Waals surface area contributed by atoms with Gasteiger partial charge in [-0.05, 0) is 31.1 Å². The van der Waals surface area contributed by atoms with Gasteiger partial charge in [-0.1, -0.05) is 6.07 Å². The van der Waals surface area contributed by atoms with E-state index in [1.165, 1.54) is 30.9 Å². The van der Waals surface area contributed by atoms with E-state index in [-0.39, 0.29) is 29.9 Å². The molecule has 0 amide bonds. The number of halogens is 4. The first-order valence-electron chi connectivity index (χ1n) is 8.24. The molecule has 10 heteroatoms. The summed E-state index contributed by atoms with van der Waals surface area (Å²) in [4.78, 5) is 8.36. The smallest absolute Gasteiger partial charge is 0.422 e. The maximum atomic E-state index is 12.1. The molecule has 0 aliphatic carbocycles. The zero-order chi connectivity index (χ0) is 18.1. The highest BCUT2D eigenvalue weighted by molar-refractivity contribution is 14.0. The van der Waals surface area contributed by atoms with Crippen molar-refractivity contribution in [2.75, 3.05) is 25.4 Å². The molecular formula is C16H24F3IN4OS. The van der Waals surface area contributed by atoms with Gasteiger partial charge in [0.05, 0.1) is 6.54 Å². The molecule has 2 rings (SSSR count). The van der Waals surface area contributed by atoms with Crippen molar-refractivity contribution in [3.63, 3.8) is 0 Å². The molecule has 1 atom stereocenters. The second-order valence-electron chi connectivity index (χ2n) is 5.62. The molecular weight excluding hydrogens is 480 g/mol. The maximum Gasteiger partial charge on any atom is 0.422 e. The summed E-state index contributed by atoms with van der Waals surface area (Å²) < 4.78 is 40.9. The van der Waals surface area contributed by atoms with Gasteiger partial charge in [0, 0.05) is 30.6 Å². The van der Waals surface area contributed by atoms with E-state index in [1.807, 2.05) is 18.7 Å². The molecule has 1 aromatic rings. The molecule has 2 heterocycles. The van der Waals surface area contributed by atoms with E-state index in [2.05, 4.69) is 25.3 Å². The van der Waals surface area contributed by atoms with Crippen LogP contribution in [0.25, 0.3) is 0 Å². The Bertz CT molecular complexity index is 551. The van der Waals surface area contributed by atoms with Crippen LogP contribution in [-0.4, -0.2) is 47.8 Å². The van der Waals surface area contributed by atoms with Crippen molar-refractivity contribution in [2.45, 2.75) is 37.7 Å². The highest BCUT2D eigenvalue weighted by Crippen LogP contribution is 2.25. The number of nitrogens with one attached hydrogen (secondary N) is 2. The summed E-state index contributed by atoms with van der Waals surface area (Å²) in [5.41, 5.74) is 0.798. The van der Waals surface area contributed by atoms with Crippen LogP contribution in [0.1, 0.15) is 25.3 Å². The number of nitrogens with zero attached hydrogens (tertiary/aromatic N) is 2. The van der Waals surface area contributed by atoms with Gasteiger partial charge in [0.1, 0.15) is 0 Å². The van der Waals surface area contributed by atoms with Crippen LogP contribution in [0.2, 0.25) is 0 Å². The summed E-state index contributed by atoms with van der Waals surface area (Å²) in [7, 11) is 0. The molecule has 26 heavy (non-hydrogen) atoms. The molecule has 1 aliphatic rings. The van der Waals surface area contributed by atoms with Crippen LogP contribution in [0.15, 0.2) is 23.3 Å². The van der Waals surface area contributed by atoms with Gasteiger partial charge in [-0.2, -0.15) is 24.9 Å². The van der Waals surface area contributed by atoms with Gasteiger partial charge in [-0.3, -0.25) is 0 Å². The number of pyridine rings is 1. The summed E-state index contributed by atoms with van der Waals surface area (Å²) >= 11 is 1.98. The molecule has 1 aromatic heterocycles. The third-order valence-electron chi connectivity index (χ3n) is 3.47. The Hall–Kier alpha value is -0.910. The monoisotopic (exact) mass is 504 g/mol. The number of hydrogen-bond donors (Lipinski definition) is 2. The van der Waals surface area contributed by atoms with Gasteiger partial charge in [0.15, 0.2) is 12.6 Å². The lowest BCUT2D eigenvalue weighted by molar-refractivity contribution is -0.154. The molecule has 1 aliphatic heterocycles. The van der Waals surface area contributed by atoms with E-state index in [4.69, 9.17) is 0 Å². The average molecular weight is 504 g/mol. The fourth-order valence-electron chi connectivity index (χ4n) is 2.27. The SMILES string of the molecule is CCNC(=NCc1ccc(OCC(F)(F)F)nc1)NCC1CCCS1.I. The van der Waals surface area contributed by atoms with Crippen molar-refractivity contribution in [1.29, 1.82) is 0 Å². The van der Waals surface area contributed by atoms with Gasteiger partial charge < -0.3 is 15.4 Å². The third kappa shape index (κ3) is 9.15. The van der Waals surface area contributed by atoms with E-state index >= 15 is 0 Å². The van der Waals surface area contributed by atoms with Crippen LogP contribution in [0, 0.1) is 0 Å².